The molecule has 1 aromatic heterocycles. The van der Waals surface area contributed by atoms with Gasteiger partial charge in [0.2, 0.25) is 0 Å². The molecule has 2 aliphatic rings. The number of rotatable bonds is 3. The summed E-state index contributed by atoms with van der Waals surface area (Å²) in [6, 6.07) is 7.94. The lowest BCUT2D eigenvalue weighted by Crippen LogP contribution is -2.46. The molecule has 1 amide bonds. The second-order valence-corrected chi connectivity index (χ2v) is 7.44. The Morgan fingerprint density at radius 3 is 2.57 bits per heavy atom. The highest BCUT2D eigenvalue weighted by molar-refractivity contribution is 5.93. The van der Waals surface area contributed by atoms with Crippen LogP contribution in [0.5, 0.6) is 0 Å². The van der Waals surface area contributed by atoms with Crippen LogP contribution in [0, 0.1) is 0 Å². The SMILES string of the molecule is CCc1ccc2n(c1=O)CCN(C(C)c1cccc3c1CC3C(F)(F)F)C2=O. The van der Waals surface area contributed by atoms with Crippen LogP contribution in [0.1, 0.15) is 58.5 Å². The zero-order valence-corrected chi connectivity index (χ0v) is 15.7. The third-order valence-electron chi connectivity index (χ3n) is 6.02. The number of aromatic nitrogens is 1. The smallest absolute Gasteiger partial charge is 0.329 e. The molecule has 0 bridgehead atoms. The fourth-order valence-electron chi connectivity index (χ4n) is 4.35. The van der Waals surface area contributed by atoms with Crippen molar-refractivity contribution < 1.29 is 18.0 Å². The minimum Gasteiger partial charge on any atom is -0.329 e. The quantitative estimate of drug-likeness (QED) is 0.799. The zero-order chi connectivity index (χ0) is 20.2. The van der Waals surface area contributed by atoms with Gasteiger partial charge in [-0.05, 0) is 42.5 Å². The van der Waals surface area contributed by atoms with Gasteiger partial charge in [-0.25, -0.2) is 0 Å². The van der Waals surface area contributed by atoms with Crippen LogP contribution in [-0.2, 0) is 19.4 Å². The van der Waals surface area contributed by atoms with Crippen LogP contribution < -0.4 is 5.56 Å². The Morgan fingerprint density at radius 1 is 1.14 bits per heavy atom. The van der Waals surface area contributed by atoms with Gasteiger partial charge in [-0.3, -0.25) is 9.59 Å². The molecule has 1 aliphatic heterocycles. The van der Waals surface area contributed by atoms with Crippen LogP contribution in [-0.4, -0.2) is 28.1 Å². The minimum absolute atomic E-state index is 0.0444. The molecule has 2 atom stereocenters. The predicted octanol–water partition coefficient (Wildman–Crippen LogP) is 3.83. The maximum atomic E-state index is 13.1. The van der Waals surface area contributed by atoms with Crippen LogP contribution in [0.2, 0.25) is 0 Å². The van der Waals surface area contributed by atoms with Gasteiger partial charge >= 0.3 is 6.18 Å². The highest BCUT2D eigenvalue weighted by Gasteiger charge is 2.48. The molecule has 28 heavy (non-hydrogen) atoms. The fraction of sp³-hybridized carbons (Fsp3) is 0.429. The van der Waals surface area contributed by atoms with E-state index < -0.39 is 12.1 Å². The van der Waals surface area contributed by atoms with Crippen molar-refractivity contribution >= 4 is 5.91 Å². The van der Waals surface area contributed by atoms with E-state index >= 15 is 0 Å². The summed E-state index contributed by atoms with van der Waals surface area (Å²) < 4.78 is 40.8. The molecular formula is C21H21F3N2O2. The molecule has 4 rings (SSSR count). The first-order valence-corrected chi connectivity index (χ1v) is 9.46. The van der Waals surface area contributed by atoms with Crippen LogP contribution in [0.15, 0.2) is 35.1 Å². The summed E-state index contributed by atoms with van der Waals surface area (Å²) in [5.74, 6) is -1.68. The van der Waals surface area contributed by atoms with Gasteiger partial charge in [0.05, 0.1) is 12.0 Å². The average Bonchev–Trinajstić information content (AvgIpc) is 2.62. The number of carbonyl (C=O) groups excluding carboxylic acids is 1. The first-order chi connectivity index (χ1) is 13.2. The largest absolute Gasteiger partial charge is 0.396 e. The van der Waals surface area contributed by atoms with Crippen molar-refractivity contribution in [2.45, 2.75) is 51.4 Å². The van der Waals surface area contributed by atoms with E-state index in [-0.39, 0.29) is 23.9 Å². The summed E-state index contributed by atoms with van der Waals surface area (Å²) in [5, 5.41) is 0. The summed E-state index contributed by atoms with van der Waals surface area (Å²) in [6.07, 6.45) is -3.69. The van der Waals surface area contributed by atoms with Crippen molar-refractivity contribution in [3.8, 4) is 0 Å². The molecule has 7 heteroatoms. The molecule has 0 saturated heterocycles. The number of hydrogen-bond acceptors (Lipinski definition) is 2. The van der Waals surface area contributed by atoms with E-state index in [2.05, 4.69) is 0 Å². The lowest BCUT2D eigenvalue weighted by molar-refractivity contribution is -0.155. The van der Waals surface area contributed by atoms with Crippen molar-refractivity contribution in [3.63, 3.8) is 0 Å². The fourth-order valence-corrected chi connectivity index (χ4v) is 4.35. The standard InChI is InChI=1S/C21H21F3N2O2/c1-3-13-7-8-18-20(28)25(9-10-26(18)19(13)27)12(2)14-5-4-6-15-16(14)11-17(15)21(22,23)24/h4-8,12,17H,3,9-11H2,1-2H3. The maximum absolute atomic E-state index is 13.1. The number of amides is 1. The molecule has 0 saturated carbocycles. The van der Waals surface area contributed by atoms with Gasteiger partial charge in [0.1, 0.15) is 5.69 Å². The second-order valence-electron chi connectivity index (χ2n) is 7.44. The number of halogens is 3. The van der Waals surface area contributed by atoms with Crippen molar-refractivity contribution in [3.05, 3.63) is 68.6 Å². The van der Waals surface area contributed by atoms with Gasteiger partial charge in [-0.15, -0.1) is 0 Å². The molecular weight excluding hydrogens is 369 g/mol. The summed E-state index contributed by atoms with van der Waals surface area (Å²) >= 11 is 0. The Morgan fingerprint density at radius 2 is 1.89 bits per heavy atom. The van der Waals surface area contributed by atoms with E-state index in [1.54, 1.807) is 29.2 Å². The molecule has 0 N–H and O–H groups in total. The van der Waals surface area contributed by atoms with Crippen molar-refractivity contribution in [1.82, 2.24) is 9.47 Å². The Labute approximate surface area is 160 Å². The molecule has 0 radical (unpaired) electrons. The molecule has 1 aliphatic carbocycles. The predicted molar refractivity (Wildman–Crippen MR) is 98.5 cm³/mol. The highest BCUT2D eigenvalue weighted by Crippen LogP contribution is 2.48. The Hall–Kier alpha value is -2.57. The summed E-state index contributed by atoms with van der Waals surface area (Å²) in [7, 11) is 0. The topological polar surface area (TPSA) is 42.3 Å². The number of hydrogen-bond donors (Lipinski definition) is 0. The molecule has 1 aromatic carbocycles. The number of alkyl halides is 3. The van der Waals surface area contributed by atoms with E-state index in [1.165, 1.54) is 10.6 Å². The first-order valence-electron chi connectivity index (χ1n) is 9.46. The monoisotopic (exact) mass is 390 g/mol. The van der Waals surface area contributed by atoms with E-state index in [4.69, 9.17) is 0 Å². The van der Waals surface area contributed by atoms with Crippen LogP contribution in [0.25, 0.3) is 0 Å². The Bertz CT molecular complexity index is 1010. The van der Waals surface area contributed by atoms with Crippen LogP contribution in [0.3, 0.4) is 0 Å². The average molecular weight is 390 g/mol. The van der Waals surface area contributed by atoms with E-state index in [9.17, 15) is 22.8 Å². The van der Waals surface area contributed by atoms with Gasteiger partial charge in [-0.1, -0.05) is 31.2 Å². The lowest BCUT2D eigenvalue weighted by Gasteiger charge is -2.39. The number of pyridine rings is 1. The number of aryl methyl sites for hydroxylation is 1. The van der Waals surface area contributed by atoms with Gasteiger partial charge in [0.15, 0.2) is 0 Å². The summed E-state index contributed by atoms with van der Waals surface area (Å²) in [6.45, 7) is 4.47. The molecule has 2 heterocycles. The number of fused-ring (bicyclic) bond motifs is 2. The van der Waals surface area contributed by atoms with Crippen molar-refractivity contribution in [2.75, 3.05) is 6.54 Å². The molecule has 0 fully saturated rings. The molecule has 2 aromatic rings. The van der Waals surface area contributed by atoms with Crippen molar-refractivity contribution in [2.24, 2.45) is 0 Å². The number of carbonyl (C=O) groups is 1. The summed E-state index contributed by atoms with van der Waals surface area (Å²) in [4.78, 5) is 27.1. The highest BCUT2D eigenvalue weighted by atomic mass is 19.4. The van der Waals surface area contributed by atoms with E-state index in [0.717, 1.165) is 5.56 Å². The lowest BCUT2D eigenvalue weighted by atomic mass is 9.73. The van der Waals surface area contributed by atoms with Gasteiger partial charge < -0.3 is 9.47 Å². The van der Waals surface area contributed by atoms with Gasteiger partial charge in [-0.2, -0.15) is 13.2 Å². The number of benzene rings is 1. The first kappa shape index (κ1) is 18.8. The molecule has 148 valence electrons. The van der Waals surface area contributed by atoms with Crippen LogP contribution >= 0.6 is 0 Å². The van der Waals surface area contributed by atoms with Crippen molar-refractivity contribution in [1.29, 1.82) is 0 Å². The van der Waals surface area contributed by atoms with Crippen LogP contribution in [0.4, 0.5) is 13.2 Å². The Kier molecular flexibility index (Phi) is 4.36. The molecule has 0 spiro atoms. The zero-order valence-electron chi connectivity index (χ0n) is 15.7. The molecule has 4 nitrogen and oxygen atoms in total. The maximum Gasteiger partial charge on any atom is 0.396 e. The van der Waals surface area contributed by atoms with E-state index in [0.29, 0.717) is 41.9 Å². The number of nitrogens with zero attached hydrogens (tertiary/aromatic N) is 2. The third-order valence-corrected chi connectivity index (χ3v) is 6.02. The van der Waals surface area contributed by atoms with Gasteiger partial charge in [0.25, 0.3) is 11.5 Å². The van der Waals surface area contributed by atoms with Gasteiger partial charge in [0, 0.05) is 18.7 Å². The molecule has 2 unspecified atom stereocenters. The second kappa shape index (κ2) is 6.50. The van der Waals surface area contributed by atoms with E-state index in [1.807, 2.05) is 13.8 Å². The normalized spacial score (nSPS) is 19.7. The third kappa shape index (κ3) is 2.75. The summed E-state index contributed by atoms with van der Waals surface area (Å²) in [5.41, 5.74) is 2.62. The Balaban J connectivity index is 1.65. The minimum atomic E-state index is -4.24.